The van der Waals surface area contributed by atoms with Gasteiger partial charge in [0.05, 0.1) is 11.4 Å². The molecule has 1 saturated heterocycles. The van der Waals surface area contributed by atoms with E-state index in [-0.39, 0.29) is 12.0 Å². The van der Waals surface area contributed by atoms with Crippen LogP contribution >= 0.6 is 0 Å². The fourth-order valence-corrected chi connectivity index (χ4v) is 2.12. The third kappa shape index (κ3) is 2.42. The molecule has 17 heavy (non-hydrogen) atoms. The smallest absolute Gasteiger partial charge is 0.256 e. The van der Waals surface area contributed by atoms with Gasteiger partial charge in [-0.15, -0.1) is 0 Å². The summed E-state index contributed by atoms with van der Waals surface area (Å²) < 4.78 is 5.43. The van der Waals surface area contributed by atoms with E-state index in [0.29, 0.717) is 18.8 Å². The van der Waals surface area contributed by atoms with E-state index in [0.717, 1.165) is 18.5 Å². The van der Waals surface area contributed by atoms with E-state index < -0.39 is 0 Å². The zero-order valence-electron chi connectivity index (χ0n) is 10.1. The van der Waals surface area contributed by atoms with Crippen molar-refractivity contribution in [3.8, 4) is 0 Å². The van der Waals surface area contributed by atoms with Gasteiger partial charge in [0.2, 0.25) is 0 Å². The summed E-state index contributed by atoms with van der Waals surface area (Å²) in [5.41, 5.74) is 7.30. The van der Waals surface area contributed by atoms with Crippen molar-refractivity contribution < 1.29 is 9.53 Å². The molecule has 1 fully saturated rings. The molecule has 2 rings (SSSR count). The van der Waals surface area contributed by atoms with Crippen LogP contribution in [0.25, 0.3) is 0 Å². The summed E-state index contributed by atoms with van der Waals surface area (Å²) in [4.78, 5) is 14.0. The van der Waals surface area contributed by atoms with Gasteiger partial charge in [0.15, 0.2) is 0 Å². The van der Waals surface area contributed by atoms with E-state index in [1.807, 2.05) is 25.1 Å². The quantitative estimate of drug-likeness (QED) is 0.811. The van der Waals surface area contributed by atoms with Crippen LogP contribution in [0.1, 0.15) is 19.8 Å². The fourth-order valence-electron chi connectivity index (χ4n) is 2.12. The van der Waals surface area contributed by atoms with Gasteiger partial charge in [0.25, 0.3) is 5.91 Å². The zero-order valence-corrected chi connectivity index (χ0v) is 10.1. The van der Waals surface area contributed by atoms with Crippen molar-refractivity contribution >= 4 is 17.3 Å². The SMILES string of the molecule is CCN(C(=O)C1CCCO1)c1ccccc1N. The average Bonchev–Trinajstić information content (AvgIpc) is 2.86. The van der Waals surface area contributed by atoms with Crippen molar-refractivity contribution in [2.24, 2.45) is 0 Å². The second-order valence-corrected chi connectivity index (χ2v) is 4.14. The molecular weight excluding hydrogens is 216 g/mol. The van der Waals surface area contributed by atoms with E-state index in [9.17, 15) is 4.79 Å². The minimum Gasteiger partial charge on any atom is -0.397 e. The molecule has 1 aromatic rings. The van der Waals surface area contributed by atoms with Gasteiger partial charge in [-0.05, 0) is 31.9 Å². The standard InChI is InChI=1S/C13H18N2O2/c1-2-15(11-7-4-3-6-10(11)14)13(16)12-8-5-9-17-12/h3-4,6-7,12H,2,5,8-9,14H2,1H3. The molecule has 1 atom stereocenters. The van der Waals surface area contributed by atoms with Crippen LogP contribution in [0.5, 0.6) is 0 Å². The number of anilines is 2. The number of nitrogens with zero attached hydrogens (tertiary/aromatic N) is 1. The predicted molar refractivity (Wildman–Crippen MR) is 67.9 cm³/mol. The van der Waals surface area contributed by atoms with Gasteiger partial charge in [-0.2, -0.15) is 0 Å². The van der Waals surface area contributed by atoms with Gasteiger partial charge < -0.3 is 15.4 Å². The zero-order chi connectivity index (χ0) is 12.3. The van der Waals surface area contributed by atoms with Crippen LogP contribution in [0.2, 0.25) is 0 Å². The van der Waals surface area contributed by atoms with Gasteiger partial charge in [0.1, 0.15) is 6.10 Å². The third-order valence-corrected chi connectivity index (χ3v) is 3.01. The van der Waals surface area contributed by atoms with Crippen LogP contribution in [0, 0.1) is 0 Å². The lowest BCUT2D eigenvalue weighted by Crippen LogP contribution is -2.39. The molecule has 1 aliphatic heterocycles. The summed E-state index contributed by atoms with van der Waals surface area (Å²) in [6.07, 6.45) is 1.47. The Balaban J connectivity index is 2.21. The number of benzene rings is 1. The molecule has 0 aromatic heterocycles. The molecule has 0 bridgehead atoms. The van der Waals surface area contributed by atoms with Crippen molar-refractivity contribution in [2.75, 3.05) is 23.8 Å². The maximum atomic E-state index is 12.3. The van der Waals surface area contributed by atoms with Gasteiger partial charge in [-0.1, -0.05) is 12.1 Å². The molecule has 1 amide bonds. The number of amides is 1. The minimum absolute atomic E-state index is 0.0166. The lowest BCUT2D eigenvalue weighted by molar-refractivity contribution is -0.127. The predicted octanol–water partition coefficient (Wildman–Crippen LogP) is 1.80. The number of carbonyl (C=O) groups is 1. The van der Waals surface area contributed by atoms with Gasteiger partial charge in [-0.25, -0.2) is 0 Å². The van der Waals surface area contributed by atoms with E-state index in [1.165, 1.54) is 0 Å². The van der Waals surface area contributed by atoms with Crippen molar-refractivity contribution in [1.29, 1.82) is 0 Å². The van der Waals surface area contributed by atoms with E-state index in [2.05, 4.69) is 0 Å². The molecule has 0 aliphatic carbocycles. The number of hydrogen-bond acceptors (Lipinski definition) is 3. The lowest BCUT2D eigenvalue weighted by Gasteiger charge is -2.25. The summed E-state index contributed by atoms with van der Waals surface area (Å²) in [5, 5.41) is 0. The van der Waals surface area contributed by atoms with Crippen molar-refractivity contribution in [3.63, 3.8) is 0 Å². The number of para-hydroxylation sites is 2. The Labute approximate surface area is 101 Å². The molecule has 4 heteroatoms. The number of nitrogens with two attached hydrogens (primary N) is 1. The summed E-state index contributed by atoms with van der Waals surface area (Å²) >= 11 is 0. The monoisotopic (exact) mass is 234 g/mol. The first kappa shape index (κ1) is 11.9. The second-order valence-electron chi connectivity index (χ2n) is 4.14. The molecule has 0 radical (unpaired) electrons. The minimum atomic E-state index is -0.297. The Bertz CT molecular complexity index is 400. The Morgan fingerprint density at radius 3 is 2.88 bits per heavy atom. The van der Waals surface area contributed by atoms with Gasteiger partial charge in [-0.3, -0.25) is 4.79 Å². The number of rotatable bonds is 3. The average molecular weight is 234 g/mol. The molecule has 1 heterocycles. The largest absolute Gasteiger partial charge is 0.397 e. The van der Waals surface area contributed by atoms with Crippen molar-refractivity contribution in [3.05, 3.63) is 24.3 Å². The number of nitrogen functional groups attached to an aromatic ring is 1. The highest BCUT2D eigenvalue weighted by molar-refractivity contribution is 5.99. The molecule has 92 valence electrons. The number of carbonyl (C=O) groups excluding carboxylic acids is 1. The number of ether oxygens (including phenoxy) is 1. The van der Waals surface area contributed by atoms with Crippen LogP contribution in [0.15, 0.2) is 24.3 Å². The summed E-state index contributed by atoms with van der Waals surface area (Å²) in [5.74, 6) is 0.0166. The van der Waals surface area contributed by atoms with Crippen LogP contribution in [0.3, 0.4) is 0 Å². The fraction of sp³-hybridized carbons (Fsp3) is 0.462. The Morgan fingerprint density at radius 2 is 2.29 bits per heavy atom. The molecule has 1 unspecified atom stereocenters. The lowest BCUT2D eigenvalue weighted by atomic mass is 10.2. The second kappa shape index (κ2) is 5.19. The summed E-state index contributed by atoms with van der Waals surface area (Å²) in [7, 11) is 0. The molecule has 4 nitrogen and oxygen atoms in total. The van der Waals surface area contributed by atoms with Crippen LogP contribution in [-0.4, -0.2) is 25.2 Å². The number of likely N-dealkylation sites (N-methyl/N-ethyl adjacent to an activating group) is 1. The maximum absolute atomic E-state index is 12.3. The van der Waals surface area contributed by atoms with Crippen LogP contribution in [0.4, 0.5) is 11.4 Å². The highest BCUT2D eigenvalue weighted by atomic mass is 16.5. The maximum Gasteiger partial charge on any atom is 0.256 e. The molecule has 1 aliphatic rings. The molecule has 0 saturated carbocycles. The normalized spacial score (nSPS) is 19.2. The summed E-state index contributed by atoms with van der Waals surface area (Å²) in [6.45, 7) is 3.23. The Hall–Kier alpha value is -1.55. The molecule has 0 spiro atoms. The Kier molecular flexibility index (Phi) is 3.64. The van der Waals surface area contributed by atoms with Crippen molar-refractivity contribution in [2.45, 2.75) is 25.9 Å². The summed E-state index contributed by atoms with van der Waals surface area (Å²) in [6, 6.07) is 7.42. The van der Waals surface area contributed by atoms with Crippen LogP contribution < -0.4 is 10.6 Å². The van der Waals surface area contributed by atoms with E-state index in [4.69, 9.17) is 10.5 Å². The van der Waals surface area contributed by atoms with E-state index in [1.54, 1.807) is 11.0 Å². The van der Waals surface area contributed by atoms with Gasteiger partial charge in [0, 0.05) is 13.2 Å². The highest BCUT2D eigenvalue weighted by Gasteiger charge is 2.28. The van der Waals surface area contributed by atoms with Crippen LogP contribution in [-0.2, 0) is 9.53 Å². The van der Waals surface area contributed by atoms with Gasteiger partial charge >= 0.3 is 0 Å². The highest BCUT2D eigenvalue weighted by Crippen LogP contribution is 2.25. The molecule has 2 N–H and O–H groups in total. The third-order valence-electron chi connectivity index (χ3n) is 3.01. The number of hydrogen-bond donors (Lipinski definition) is 1. The first-order chi connectivity index (χ1) is 8.24. The molecular formula is C13H18N2O2. The topological polar surface area (TPSA) is 55.6 Å². The first-order valence-electron chi connectivity index (χ1n) is 6.01. The van der Waals surface area contributed by atoms with Crippen molar-refractivity contribution in [1.82, 2.24) is 0 Å². The Morgan fingerprint density at radius 1 is 1.53 bits per heavy atom. The van der Waals surface area contributed by atoms with E-state index >= 15 is 0 Å². The first-order valence-corrected chi connectivity index (χ1v) is 6.01. The molecule has 1 aromatic carbocycles.